The lowest BCUT2D eigenvalue weighted by atomic mass is 10.1. The van der Waals surface area contributed by atoms with E-state index in [1.807, 2.05) is 20.9 Å². The molecule has 2 rings (SSSR count). The number of aromatic nitrogens is 2. The molecule has 0 saturated carbocycles. The highest BCUT2D eigenvalue weighted by Gasteiger charge is 2.13. The van der Waals surface area contributed by atoms with E-state index in [1.165, 1.54) is 6.07 Å². The largest absolute Gasteiger partial charge is 0.496 e. The maximum Gasteiger partial charge on any atom is 0.335 e. The number of aryl methyl sites for hydroxylation is 2. The number of carboxylic acids is 1. The number of aromatic carboxylic acids is 1. The summed E-state index contributed by atoms with van der Waals surface area (Å²) >= 11 is 0. The maximum absolute atomic E-state index is 11.0. The molecule has 0 aliphatic rings. The molecule has 6 heteroatoms. The predicted octanol–water partition coefficient (Wildman–Crippen LogP) is 2.32. The third-order valence-electron chi connectivity index (χ3n) is 3.34. The zero-order valence-corrected chi connectivity index (χ0v) is 12.5. The lowest BCUT2D eigenvalue weighted by Gasteiger charge is -2.11. The van der Waals surface area contributed by atoms with Crippen molar-refractivity contribution in [2.45, 2.75) is 20.5 Å². The van der Waals surface area contributed by atoms with Gasteiger partial charge in [0, 0.05) is 12.6 Å². The van der Waals surface area contributed by atoms with Crippen molar-refractivity contribution in [1.82, 2.24) is 9.78 Å². The van der Waals surface area contributed by atoms with E-state index >= 15 is 0 Å². The Morgan fingerprint density at radius 1 is 1.38 bits per heavy atom. The van der Waals surface area contributed by atoms with Crippen LogP contribution < -0.4 is 9.47 Å². The monoisotopic (exact) mass is 290 g/mol. The van der Waals surface area contributed by atoms with E-state index in [-0.39, 0.29) is 12.2 Å². The van der Waals surface area contributed by atoms with Crippen LogP contribution in [0.15, 0.2) is 18.2 Å². The van der Waals surface area contributed by atoms with Crippen LogP contribution in [-0.4, -0.2) is 28.0 Å². The fourth-order valence-electron chi connectivity index (χ4n) is 2.14. The molecule has 0 aliphatic heterocycles. The highest BCUT2D eigenvalue weighted by molar-refractivity contribution is 5.88. The van der Waals surface area contributed by atoms with Gasteiger partial charge in [0.1, 0.15) is 18.1 Å². The Labute approximate surface area is 122 Å². The number of benzene rings is 1. The number of carboxylic acid groups (broad SMARTS) is 1. The van der Waals surface area contributed by atoms with Crippen LogP contribution in [0.4, 0.5) is 0 Å². The van der Waals surface area contributed by atoms with E-state index in [0.29, 0.717) is 17.1 Å². The van der Waals surface area contributed by atoms with E-state index in [9.17, 15) is 4.79 Å². The highest BCUT2D eigenvalue weighted by atomic mass is 16.5. The Morgan fingerprint density at radius 3 is 2.62 bits per heavy atom. The summed E-state index contributed by atoms with van der Waals surface area (Å²) in [5.74, 6) is 0.326. The van der Waals surface area contributed by atoms with Crippen LogP contribution in [0.1, 0.15) is 27.3 Å². The fraction of sp³-hybridized carbons (Fsp3) is 0.333. The quantitative estimate of drug-likeness (QED) is 0.914. The second-order valence-corrected chi connectivity index (χ2v) is 4.74. The summed E-state index contributed by atoms with van der Waals surface area (Å²) in [4.78, 5) is 11.0. The second kappa shape index (κ2) is 5.87. The molecule has 6 nitrogen and oxygen atoms in total. The maximum atomic E-state index is 11.0. The molecule has 21 heavy (non-hydrogen) atoms. The minimum absolute atomic E-state index is 0.203. The van der Waals surface area contributed by atoms with Gasteiger partial charge in [-0.05, 0) is 32.0 Å². The number of ether oxygens (including phenoxy) is 2. The summed E-state index contributed by atoms with van der Waals surface area (Å²) in [5, 5.41) is 13.3. The Balaban J connectivity index is 2.26. The summed E-state index contributed by atoms with van der Waals surface area (Å²) in [5.41, 5.74) is 2.60. The lowest BCUT2D eigenvalue weighted by Crippen LogP contribution is -2.04. The topological polar surface area (TPSA) is 73.6 Å². The van der Waals surface area contributed by atoms with E-state index in [2.05, 4.69) is 5.10 Å². The van der Waals surface area contributed by atoms with Crippen molar-refractivity contribution in [3.63, 3.8) is 0 Å². The van der Waals surface area contributed by atoms with Gasteiger partial charge in [0.05, 0.1) is 18.4 Å². The molecule has 1 heterocycles. The van der Waals surface area contributed by atoms with Crippen LogP contribution in [0.3, 0.4) is 0 Å². The van der Waals surface area contributed by atoms with E-state index < -0.39 is 5.97 Å². The Kier molecular flexibility index (Phi) is 4.16. The Hall–Kier alpha value is -2.50. The van der Waals surface area contributed by atoms with Gasteiger partial charge in [-0.1, -0.05) is 0 Å². The number of carbonyl (C=O) groups is 1. The van der Waals surface area contributed by atoms with Crippen molar-refractivity contribution < 1.29 is 19.4 Å². The van der Waals surface area contributed by atoms with Crippen molar-refractivity contribution in [3.05, 3.63) is 40.7 Å². The average Bonchev–Trinajstić information content (AvgIpc) is 2.69. The average molecular weight is 290 g/mol. The number of hydrogen-bond acceptors (Lipinski definition) is 4. The molecule has 0 saturated heterocycles. The molecule has 2 aromatic rings. The van der Waals surface area contributed by atoms with Crippen LogP contribution in [0.2, 0.25) is 0 Å². The molecule has 0 spiro atoms. The number of nitrogens with zero attached hydrogens (tertiary/aromatic N) is 2. The van der Waals surface area contributed by atoms with E-state index in [0.717, 1.165) is 11.4 Å². The fourth-order valence-corrected chi connectivity index (χ4v) is 2.14. The zero-order valence-electron chi connectivity index (χ0n) is 12.5. The first-order valence-electron chi connectivity index (χ1n) is 6.47. The minimum atomic E-state index is -0.979. The first kappa shape index (κ1) is 14.9. The van der Waals surface area contributed by atoms with Gasteiger partial charge in [-0.2, -0.15) is 5.10 Å². The molecule has 0 bridgehead atoms. The molecule has 0 aliphatic carbocycles. The van der Waals surface area contributed by atoms with Crippen LogP contribution in [0.25, 0.3) is 0 Å². The molecule has 0 unspecified atom stereocenters. The molecule has 0 fully saturated rings. The Morgan fingerprint density at radius 2 is 2.10 bits per heavy atom. The molecular formula is C15H18N2O4. The van der Waals surface area contributed by atoms with Gasteiger partial charge in [-0.3, -0.25) is 4.68 Å². The first-order chi connectivity index (χ1) is 9.93. The molecule has 1 aromatic carbocycles. The van der Waals surface area contributed by atoms with E-state index in [4.69, 9.17) is 14.6 Å². The normalized spacial score (nSPS) is 10.5. The van der Waals surface area contributed by atoms with Gasteiger partial charge in [-0.25, -0.2) is 4.79 Å². The molecule has 1 N–H and O–H groups in total. The summed E-state index contributed by atoms with van der Waals surface area (Å²) in [7, 11) is 3.39. The van der Waals surface area contributed by atoms with Gasteiger partial charge in [-0.15, -0.1) is 0 Å². The highest BCUT2D eigenvalue weighted by Crippen LogP contribution is 2.26. The van der Waals surface area contributed by atoms with E-state index in [1.54, 1.807) is 23.9 Å². The zero-order chi connectivity index (χ0) is 15.6. The smallest absolute Gasteiger partial charge is 0.335 e. The van der Waals surface area contributed by atoms with Crippen molar-refractivity contribution in [2.75, 3.05) is 7.11 Å². The summed E-state index contributed by atoms with van der Waals surface area (Å²) in [6.45, 7) is 4.01. The number of hydrogen-bond donors (Lipinski definition) is 1. The molecular weight excluding hydrogens is 272 g/mol. The van der Waals surface area contributed by atoms with Gasteiger partial charge in [0.25, 0.3) is 0 Å². The summed E-state index contributed by atoms with van der Waals surface area (Å²) in [6.07, 6.45) is 0. The van der Waals surface area contributed by atoms with Gasteiger partial charge in [0.15, 0.2) is 5.75 Å². The van der Waals surface area contributed by atoms with Gasteiger partial charge < -0.3 is 14.6 Å². The van der Waals surface area contributed by atoms with Crippen LogP contribution >= 0.6 is 0 Å². The minimum Gasteiger partial charge on any atom is -0.496 e. The second-order valence-electron chi connectivity index (χ2n) is 4.74. The summed E-state index contributed by atoms with van der Waals surface area (Å²) in [6, 6.07) is 4.69. The Bertz CT molecular complexity index is 677. The van der Waals surface area contributed by atoms with Crippen LogP contribution in [0, 0.1) is 13.8 Å². The number of methoxy groups -OCH3 is 1. The molecule has 0 amide bonds. The van der Waals surface area contributed by atoms with Crippen LogP contribution in [-0.2, 0) is 13.7 Å². The van der Waals surface area contributed by atoms with Gasteiger partial charge in [0.2, 0.25) is 0 Å². The lowest BCUT2D eigenvalue weighted by molar-refractivity contribution is 0.0696. The van der Waals surface area contributed by atoms with Gasteiger partial charge >= 0.3 is 5.97 Å². The molecule has 1 aromatic heterocycles. The van der Waals surface area contributed by atoms with Crippen molar-refractivity contribution in [2.24, 2.45) is 7.05 Å². The van der Waals surface area contributed by atoms with Crippen molar-refractivity contribution in [1.29, 1.82) is 0 Å². The molecule has 0 atom stereocenters. The first-order valence-corrected chi connectivity index (χ1v) is 6.47. The van der Waals surface area contributed by atoms with Crippen molar-refractivity contribution >= 4 is 5.97 Å². The molecule has 112 valence electrons. The summed E-state index contributed by atoms with van der Waals surface area (Å²) < 4.78 is 12.8. The standard InChI is InChI=1S/C15H18N2O4/c1-9-14(10(2)17(3)16-9)21-8-12-7-11(15(18)19)5-6-13(12)20-4/h5-7H,8H2,1-4H3,(H,18,19). The number of rotatable bonds is 5. The predicted molar refractivity (Wildman–Crippen MR) is 77.0 cm³/mol. The van der Waals surface area contributed by atoms with Crippen molar-refractivity contribution in [3.8, 4) is 11.5 Å². The third kappa shape index (κ3) is 2.99. The third-order valence-corrected chi connectivity index (χ3v) is 3.34. The van der Waals surface area contributed by atoms with Crippen LogP contribution in [0.5, 0.6) is 11.5 Å². The SMILES string of the molecule is COc1ccc(C(=O)O)cc1COc1c(C)nn(C)c1C. The molecule has 0 radical (unpaired) electrons.